The zero-order chi connectivity index (χ0) is 30.7. The lowest BCUT2D eigenvalue weighted by atomic mass is 9.94. The molecule has 5 atom stereocenters. The molecule has 2 amide bonds. The predicted octanol–water partition coefficient (Wildman–Crippen LogP) is 1.81. The Morgan fingerprint density at radius 2 is 1.24 bits per heavy atom. The maximum Gasteiger partial charge on any atom is 0.253 e. The Balaban J connectivity index is 1.71. The van der Waals surface area contributed by atoms with Gasteiger partial charge < -0.3 is 40.8 Å². The van der Waals surface area contributed by atoms with Crippen LogP contribution in [0.1, 0.15) is 43.6 Å². The number of carboxylic acid groups (broad SMARTS) is 1. The van der Waals surface area contributed by atoms with Gasteiger partial charge in [-0.1, -0.05) is 91.0 Å². The summed E-state index contributed by atoms with van der Waals surface area (Å²) in [7, 11) is 0. The number of hydrogen-bond acceptors (Lipinski definition) is 7. The van der Waals surface area contributed by atoms with E-state index in [4.69, 9.17) is 0 Å². The molecular formula is C33H42N3O6-. The highest BCUT2D eigenvalue weighted by Crippen LogP contribution is 2.22. The predicted molar refractivity (Wildman–Crippen MR) is 159 cm³/mol. The van der Waals surface area contributed by atoms with Crippen molar-refractivity contribution in [2.24, 2.45) is 0 Å². The fourth-order valence-electron chi connectivity index (χ4n) is 5.02. The third-order valence-electron chi connectivity index (χ3n) is 7.14. The first-order valence-corrected chi connectivity index (χ1v) is 14.2. The average molecular weight is 577 g/mol. The van der Waals surface area contributed by atoms with Crippen molar-refractivity contribution in [1.29, 1.82) is 0 Å². The Kier molecular flexibility index (Phi) is 12.1. The summed E-state index contributed by atoms with van der Waals surface area (Å²) >= 11 is 0. The van der Waals surface area contributed by atoms with Crippen LogP contribution in [0.3, 0.4) is 0 Å². The van der Waals surface area contributed by atoms with Gasteiger partial charge in [-0.3, -0.25) is 4.79 Å². The molecule has 0 saturated carbocycles. The third kappa shape index (κ3) is 9.66. The summed E-state index contributed by atoms with van der Waals surface area (Å²) < 4.78 is 0. The summed E-state index contributed by atoms with van der Waals surface area (Å²) in [5, 5.41) is 50.9. The topological polar surface area (TPSA) is 145 Å². The molecular weight excluding hydrogens is 534 g/mol. The molecule has 0 aliphatic carbocycles. The summed E-state index contributed by atoms with van der Waals surface area (Å²) in [5.74, 6) is -0.640. The van der Waals surface area contributed by atoms with Crippen molar-refractivity contribution >= 4 is 12.0 Å². The second-order valence-electron chi connectivity index (χ2n) is 11.5. The van der Waals surface area contributed by atoms with Crippen LogP contribution >= 0.6 is 0 Å². The van der Waals surface area contributed by atoms with Crippen LogP contribution in [0.5, 0.6) is 0 Å². The van der Waals surface area contributed by atoms with Crippen LogP contribution in [0.4, 0.5) is 4.79 Å². The van der Waals surface area contributed by atoms with Crippen molar-refractivity contribution in [3.8, 4) is 0 Å². The number of amides is 2. The highest BCUT2D eigenvalue weighted by Gasteiger charge is 2.34. The lowest BCUT2D eigenvalue weighted by Crippen LogP contribution is -2.62. The van der Waals surface area contributed by atoms with Gasteiger partial charge in [0, 0.05) is 18.6 Å². The van der Waals surface area contributed by atoms with Crippen LogP contribution in [-0.4, -0.2) is 75.1 Å². The highest BCUT2D eigenvalue weighted by atomic mass is 16.4. The number of carbonyl (C=O) groups excluding carboxylic acids is 2. The van der Waals surface area contributed by atoms with E-state index in [1.165, 1.54) is 0 Å². The molecule has 0 aliphatic rings. The van der Waals surface area contributed by atoms with Crippen LogP contribution < -0.4 is 15.7 Å². The minimum atomic E-state index is -1.40. The van der Waals surface area contributed by atoms with Gasteiger partial charge in [-0.15, -0.1) is 0 Å². The zero-order valence-electron chi connectivity index (χ0n) is 24.4. The largest absolute Gasteiger partial charge is 0.530 e. The molecule has 3 aromatic rings. The second kappa shape index (κ2) is 15.5. The first-order chi connectivity index (χ1) is 20.0. The molecule has 5 N–H and O–H groups in total. The smallest absolute Gasteiger partial charge is 0.253 e. The van der Waals surface area contributed by atoms with Gasteiger partial charge in [0.1, 0.15) is 6.09 Å². The lowest BCUT2D eigenvalue weighted by molar-refractivity contribution is -0.275. The first kappa shape index (κ1) is 32.8. The summed E-state index contributed by atoms with van der Waals surface area (Å²) in [6.07, 6.45) is -4.43. The van der Waals surface area contributed by atoms with Gasteiger partial charge in [-0.05, 0) is 50.3 Å². The van der Waals surface area contributed by atoms with E-state index in [0.29, 0.717) is 12.0 Å². The van der Waals surface area contributed by atoms with Gasteiger partial charge in [0.2, 0.25) is 0 Å². The van der Waals surface area contributed by atoms with E-state index in [0.717, 1.165) is 16.0 Å². The number of rotatable bonds is 14. The van der Waals surface area contributed by atoms with E-state index in [1.54, 1.807) is 51.1 Å². The molecule has 0 fully saturated rings. The number of nitrogens with one attached hydrogen (secondary N) is 2. The number of aliphatic hydroxyl groups is 3. The van der Waals surface area contributed by atoms with Crippen LogP contribution in [-0.2, 0) is 17.6 Å². The van der Waals surface area contributed by atoms with E-state index in [9.17, 15) is 30.0 Å². The minimum Gasteiger partial charge on any atom is -0.530 e. The molecule has 0 saturated heterocycles. The maximum atomic E-state index is 12.9. The van der Waals surface area contributed by atoms with Gasteiger partial charge >= 0.3 is 0 Å². The van der Waals surface area contributed by atoms with Crippen LogP contribution in [0.2, 0.25) is 0 Å². The minimum absolute atomic E-state index is 0.00479. The standard InChI is InChI=1S/C33H43N3O6/c1-33(2,3)36(32(41)42)27(20-24-15-9-5-10-16-24)29(38)22-34-21-28(37)26(19-23-13-7-4-8-14-23)35-31(40)30(39)25-17-11-6-12-18-25/h4-18,26-30,34,37-39H,19-22H2,1-3H3,(H,35,40)(H,41,42)/p-1/t26-,27-,28+,29+,30-/m0/s1. The van der Waals surface area contributed by atoms with Crippen molar-refractivity contribution in [2.45, 2.75) is 69.5 Å². The Labute approximate surface area is 247 Å². The van der Waals surface area contributed by atoms with Crippen molar-refractivity contribution < 1.29 is 30.0 Å². The molecule has 3 rings (SSSR count). The molecule has 0 heterocycles. The molecule has 9 nitrogen and oxygen atoms in total. The summed E-state index contributed by atoms with van der Waals surface area (Å²) in [5.41, 5.74) is 1.35. The zero-order valence-corrected chi connectivity index (χ0v) is 24.4. The quantitative estimate of drug-likeness (QED) is 0.197. The molecule has 0 unspecified atom stereocenters. The van der Waals surface area contributed by atoms with Crippen LogP contribution in [0.15, 0.2) is 91.0 Å². The number of nitrogens with zero attached hydrogens (tertiary/aromatic N) is 1. The van der Waals surface area contributed by atoms with Crippen molar-refractivity contribution in [3.05, 3.63) is 108 Å². The Morgan fingerprint density at radius 1 is 0.762 bits per heavy atom. The highest BCUT2D eigenvalue weighted by molar-refractivity contribution is 5.82. The first-order valence-electron chi connectivity index (χ1n) is 14.2. The molecule has 0 aliphatic heterocycles. The molecule has 3 aromatic carbocycles. The molecule has 9 heteroatoms. The van der Waals surface area contributed by atoms with Crippen molar-refractivity contribution in [3.63, 3.8) is 0 Å². The number of hydrogen-bond donors (Lipinski definition) is 5. The Morgan fingerprint density at radius 3 is 1.74 bits per heavy atom. The van der Waals surface area contributed by atoms with Gasteiger partial charge in [0.15, 0.2) is 6.10 Å². The maximum absolute atomic E-state index is 12.9. The van der Waals surface area contributed by atoms with Crippen molar-refractivity contribution in [1.82, 2.24) is 15.5 Å². The second-order valence-corrected chi connectivity index (χ2v) is 11.5. The molecule has 0 aromatic heterocycles. The average Bonchev–Trinajstić information content (AvgIpc) is 2.96. The van der Waals surface area contributed by atoms with Crippen LogP contribution in [0.25, 0.3) is 0 Å². The van der Waals surface area contributed by atoms with Crippen molar-refractivity contribution in [2.75, 3.05) is 13.1 Å². The fraction of sp³-hybridized carbons (Fsp3) is 0.394. The Bertz CT molecular complexity index is 1240. The van der Waals surface area contributed by atoms with E-state index >= 15 is 0 Å². The normalized spacial score (nSPS) is 15.2. The molecule has 0 spiro atoms. The van der Waals surface area contributed by atoms with E-state index in [-0.39, 0.29) is 19.5 Å². The fourth-order valence-corrected chi connectivity index (χ4v) is 5.02. The monoisotopic (exact) mass is 576 g/mol. The summed E-state index contributed by atoms with van der Waals surface area (Å²) in [4.78, 5) is 26.3. The van der Waals surface area contributed by atoms with E-state index < -0.39 is 47.9 Å². The number of carbonyl (C=O) groups is 2. The Hall–Kier alpha value is -3.76. The lowest BCUT2D eigenvalue weighted by Gasteiger charge is -2.45. The molecule has 0 bridgehead atoms. The van der Waals surface area contributed by atoms with Gasteiger partial charge in [-0.2, -0.15) is 0 Å². The summed E-state index contributed by atoms with van der Waals surface area (Å²) in [6.45, 7) is 5.20. The molecule has 0 radical (unpaired) electrons. The summed E-state index contributed by atoms with van der Waals surface area (Å²) in [6, 6.07) is 25.6. The van der Waals surface area contributed by atoms with E-state index in [1.807, 2.05) is 60.7 Å². The van der Waals surface area contributed by atoms with Gasteiger partial charge in [0.25, 0.3) is 5.91 Å². The third-order valence-corrected chi connectivity index (χ3v) is 7.14. The SMILES string of the molecule is CC(C)(C)N(C(=O)[O-])[C@@H](Cc1ccccc1)[C@H](O)CNC[C@@H](O)[C@H](Cc1ccccc1)NC(=O)[C@@H](O)c1ccccc1. The van der Waals surface area contributed by atoms with Gasteiger partial charge in [-0.25, -0.2) is 0 Å². The number of benzene rings is 3. The van der Waals surface area contributed by atoms with Crippen LogP contribution in [0, 0.1) is 0 Å². The molecule has 226 valence electrons. The van der Waals surface area contributed by atoms with Gasteiger partial charge in [0.05, 0.1) is 24.3 Å². The number of aliphatic hydroxyl groups excluding tert-OH is 3. The van der Waals surface area contributed by atoms with E-state index in [2.05, 4.69) is 10.6 Å². The molecule has 42 heavy (non-hydrogen) atoms.